The van der Waals surface area contributed by atoms with Crippen molar-refractivity contribution >= 4 is 28.3 Å². The topological polar surface area (TPSA) is 94.2 Å². The number of nitrogens with two attached hydrogens (primary N) is 1. The maximum Gasteiger partial charge on any atom is 0.271 e. The molecule has 0 fully saturated rings. The highest BCUT2D eigenvalue weighted by Gasteiger charge is 2.13. The largest absolute Gasteiger partial charge is 0.455 e. The molecular formula is C21H17N5O2. The number of rotatable bonds is 5. The van der Waals surface area contributed by atoms with Crippen LogP contribution in [-0.2, 0) is 0 Å². The summed E-state index contributed by atoms with van der Waals surface area (Å²) in [7, 11) is 1.94. The minimum Gasteiger partial charge on any atom is -0.455 e. The van der Waals surface area contributed by atoms with Crippen molar-refractivity contribution in [2.45, 2.75) is 0 Å². The zero-order chi connectivity index (χ0) is 19.5. The highest BCUT2D eigenvalue weighted by Crippen LogP contribution is 2.30. The third kappa shape index (κ3) is 3.33. The van der Waals surface area contributed by atoms with Crippen molar-refractivity contribution < 1.29 is 9.53 Å². The molecule has 0 bridgehead atoms. The van der Waals surface area contributed by atoms with Crippen molar-refractivity contribution in [3.8, 4) is 11.5 Å². The van der Waals surface area contributed by atoms with Crippen LogP contribution in [-0.4, -0.2) is 27.9 Å². The van der Waals surface area contributed by atoms with Crippen molar-refractivity contribution in [3.05, 3.63) is 78.9 Å². The number of primary amides is 1. The Balaban J connectivity index is 1.61. The molecule has 138 valence electrons. The summed E-state index contributed by atoms with van der Waals surface area (Å²) in [4.78, 5) is 26.2. The summed E-state index contributed by atoms with van der Waals surface area (Å²) in [5.41, 5.74) is 7.25. The molecule has 0 saturated carbocycles. The Morgan fingerprint density at radius 2 is 1.75 bits per heavy atom. The number of amides is 1. The fourth-order valence-electron chi connectivity index (χ4n) is 2.90. The first-order valence-electron chi connectivity index (χ1n) is 8.59. The number of para-hydroxylation sites is 1. The Labute approximate surface area is 161 Å². The van der Waals surface area contributed by atoms with E-state index in [-0.39, 0.29) is 5.69 Å². The molecule has 7 heteroatoms. The Morgan fingerprint density at radius 3 is 2.54 bits per heavy atom. The van der Waals surface area contributed by atoms with E-state index >= 15 is 0 Å². The number of aromatic nitrogens is 3. The molecule has 0 saturated heterocycles. The standard InChI is InChI=1S/C21H17N5O2/c1-26(21-16-5-2-3-6-17(16)24-13-25-21)14-8-10-15(11-9-14)28-18-7-4-12-23-19(18)20(22)27/h2-13H,1H3,(H2,22,27). The maximum atomic E-state index is 11.5. The van der Waals surface area contributed by atoms with Crippen LogP contribution in [0.2, 0.25) is 0 Å². The molecule has 4 rings (SSSR count). The van der Waals surface area contributed by atoms with Gasteiger partial charge in [-0.05, 0) is 48.5 Å². The van der Waals surface area contributed by atoms with Crippen LogP contribution in [0.3, 0.4) is 0 Å². The Kier molecular flexibility index (Phi) is 4.55. The van der Waals surface area contributed by atoms with E-state index in [9.17, 15) is 4.79 Å². The number of hydrogen-bond acceptors (Lipinski definition) is 6. The van der Waals surface area contributed by atoms with E-state index in [1.54, 1.807) is 18.5 Å². The Bertz CT molecular complexity index is 1140. The molecule has 0 aliphatic heterocycles. The fourth-order valence-corrected chi connectivity index (χ4v) is 2.90. The average molecular weight is 371 g/mol. The van der Waals surface area contributed by atoms with Crippen LogP contribution in [0.25, 0.3) is 10.9 Å². The molecule has 2 heterocycles. The van der Waals surface area contributed by atoms with E-state index in [0.717, 1.165) is 22.4 Å². The first kappa shape index (κ1) is 17.4. The smallest absolute Gasteiger partial charge is 0.271 e. The SMILES string of the molecule is CN(c1ccc(Oc2cccnc2C(N)=O)cc1)c1ncnc2ccccc12. The molecule has 0 unspecified atom stereocenters. The van der Waals surface area contributed by atoms with Gasteiger partial charge in [0.1, 0.15) is 17.9 Å². The summed E-state index contributed by atoms with van der Waals surface area (Å²) < 4.78 is 5.77. The number of nitrogens with zero attached hydrogens (tertiary/aromatic N) is 4. The van der Waals surface area contributed by atoms with Gasteiger partial charge in [-0.2, -0.15) is 0 Å². The fraction of sp³-hybridized carbons (Fsp3) is 0.0476. The summed E-state index contributed by atoms with van der Waals surface area (Å²) in [5, 5.41) is 0.967. The van der Waals surface area contributed by atoms with Gasteiger partial charge in [-0.3, -0.25) is 4.79 Å². The zero-order valence-electron chi connectivity index (χ0n) is 15.1. The van der Waals surface area contributed by atoms with E-state index in [2.05, 4.69) is 15.0 Å². The van der Waals surface area contributed by atoms with Crippen LogP contribution < -0.4 is 15.4 Å². The van der Waals surface area contributed by atoms with Gasteiger partial charge in [-0.25, -0.2) is 15.0 Å². The van der Waals surface area contributed by atoms with Crippen LogP contribution in [0.4, 0.5) is 11.5 Å². The van der Waals surface area contributed by atoms with Gasteiger partial charge in [0.2, 0.25) is 0 Å². The normalized spacial score (nSPS) is 10.6. The molecule has 1 amide bonds. The van der Waals surface area contributed by atoms with Crippen LogP contribution in [0, 0.1) is 0 Å². The number of ether oxygens (including phenoxy) is 1. The summed E-state index contributed by atoms with van der Waals surface area (Å²) in [5.74, 6) is 1.06. The molecule has 2 aromatic heterocycles. The number of anilines is 2. The van der Waals surface area contributed by atoms with Gasteiger partial charge >= 0.3 is 0 Å². The molecule has 4 aromatic rings. The zero-order valence-corrected chi connectivity index (χ0v) is 15.1. The second kappa shape index (κ2) is 7.32. The highest BCUT2D eigenvalue weighted by molar-refractivity contribution is 5.93. The van der Waals surface area contributed by atoms with Gasteiger partial charge in [0.15, 0.2) is 11.4 Å². The number of hydrogen-bond donors (Lipinski definition) is 1. The highest BCUT2D eigenvalue weighted by atomic mass is 16.5. The van der Waals surface area contributed by atoms with Crippen LogP contribution in [0.15, 0.2) is 73.2 Å². The number of fused-ring (bicyclic) bond motifs is 1. The quantitative estimate of drug-likeness (QED) is 0.575. The monoisotopic (exact) mass is 371 g/mol. The minimum atomic E-state index is -0.636. The third-order valence-electron chi connectivity index (χ3n) is 4.30. The van der Waals surface area contributed by atoms with Crippen molar-refractivity contribution in [2.75, 3.05) is 11.9 Å². The number of carbonyl (C=O) groups is 1. The van der Waals surface area contributed by atoms with Gasteiger partial charge in [0.25, 0.3) is 5.91 Å². The molecule has 0 aliphatic rings. The second-order valence-corrected chi connectivity index (χ2v) is 6.08. The Hall–Kier alpha value is -4.00. The molecule has 0 spiro atoms. The molecular weight excluding hydrogens is 354 g/mol. The summed E-state index contributed by atoms with van der Waals surface area (Å²) in [6.07, 6.45) is 3.05. The minimum absolute atomic E-state index is 0.0937. The lowest BCUT2D eigenvalue weighted by Gasteiger charge is -2.20. The number of benzene rings is 2. The molecule has 7 nitrogen and oxygen atoms in total. The summed E-state index contributed by atoms with van der Waals surface area (Å²) >= 11 is 0. The number of carbonyl (C=O) groups excluding carboxylic acids is 1. The van der Waals surface area contributed by atoms with E-state index in [1.807, 2.05) is 60.5 Å². The first-order chi connectivity index (χ1) is 13.6. The third-order valence-corrected chi connectivity index (χ3v) is 4.30. The van der Waals surface area contributed by atoms with E-state index in [4.69, 9.17) is 10.5 Å². The van der Waals surface area contributed by atoms with E-state index in [0.29, 0.717) is 11.5 Å². The van der Waals surface area contributed by atoms with Crippen LogP contribution in [0.5, 0.6) is 11.5 Å². The predicted molar refractivity (Wildman–Crippen MR) is 107 cm³/mol. The Morgan fingerprint density at radius 1 is 0.964 bits per heavy atom. The van der Waals surface area contributed by atoms with Crippen molar-refractivity contribution in [1.29, 1.82) is 0 Å². The molecule has 2 N–H and O–H groups in total. The average Bonchev–Trinajstić information content (AvgIpc) is 2.73. The molecule has 2 aromatic carbocycles. The predicted octanol–water partition coefficient (Wildman–Crippen LogP) is 3.68. The lowest BCUT2D eigenvalue weighted by molar-refractivity contribution is 0.0993. The maximum absolute atomic E-state index is 11.5. The van der Waals surface area contributed by atoms with Gasteiger partial charge < -0.3 is 15.4 Å². The van der Waals surface area contributed by atoms with Gasteiger partial charge in [-0.15, -0.1) is 0 Å². The first-order valence-corrected chi connectivity index (χ1v) is 8.59. The molecule has 0 atom stereocenters. The van der Waals surface area contributed by atoms with Gasteiger partial charge in [0, 0.05) is 24.3 Å². The van der Waals surface area contributed by atoms with Gasteiger partial charge in [0.05, 0.1) is 5.52 Å². The lowest BCUT2D eigenvalue weighted by atomic mass is 10.2. The van der Waals surface area contributed by atoms with E-state index < -0.39 is 5.91 Å². The van der Waals surface area contributed by atoms with Crippen LogP contribution >= 0.6 is 0 Å². The molecule has 0 radical (unpaired) electrons. The molecule has 0 aliphatic carbocycles. The summed E-state index contributed by atoms with van der Waals surface area (Å²) in [6, 6.07) is 18.6. The second-order valence-electron chi connectivity index (χ2n) is 6.08. The van der Waals surface area contributed by atoms with Crippen molar-refractivity contribution in [2.24, 2.45) is 5.73 Å². The van der Waals surface area contributed by atoms with Crippen molar-refractivity contribution in [1.82, 2.24) is 15.0 Å². The van der Waals surface area contributed by atoms with Gasteiger partial charge in [-0.1, -0.05) is 12.1 Å². The van der Waals surface area contributed by atoms with Crippen LogP contribution in [0.1, 0.15) is 10.5 Å². The lowest BCUT2D eigenvalue weighted by Crippen LogP contribution is -2.14. The van der Waals surface area contributed by atoms with E-state index in [1.165, 1.54) is 6.20 Å². The van der Waals surface area contributed by atoms with Crippen molar-refractivity contribution in [3.63, 3.8) is 0 Å². The summed E-state index contributed by atoms with van der Waals surface area (Å²) in [6.45, 7) is 0. The molecule has 28 heavy (non-hydrogen) atoms. The number of pyridine rings is 1.